The van der Waals surface area contributed by atoms with Crippen LogP contribution in [0.2, 0.25) is 0 Å². The predicted octanol–water partition coefficient (Wildman–Crippen LogP) is 6.07. The zero-order valence-electron chi connectivity index (χ0n) is 17.5. The fourth-order valence-corrected chi connectivity index (χ4v) is 3.58. The third kappa shape index (κ3) is 4.45. The van der Waals surface area contributed by atoms with Gasteiger partial charge in [0, 0.05) is 10.9 Å². The Labute approximate surface area is 189 Å². The molecule has 5 nitrogen and oxygen atoms in total. The molecule has 1 heterocycles. The van der Waals surface area contributed by atoms with Crippen molar-refractivity contribution in [3.05, 3.63) is 114 Å². The first-order valence-electron chi connectivity index (χ1n) is 10.4. The number of fused-ring (bicyclic) bond motifs is 2. The topological polar surface area (TPSA) is 63.8 Å². The van der Waals surface area contributed by atoms with Gasteiger partial charge in [0.25, 0.3) is 0 Å². The second kappa shape index (κ2) is 8.96. The molecule has 1 amide bonds. The summed E-state index contributed by atoms with van der Waals surface area (Å²) >= 11 is 0. The van der Waals surface area contributed by atoms with Gasteiger partial charge in [-0.05, 0) is 46.7 Å². The molecule has 4 aromatic carbocycles. The summed E-state index contributed by atoms with van der Waals surface area (Å²) in [6, 6.07) is 26.9. The molecule has 0 bridgehead atoms. The lowest BCUT2D eigenvalue weighted by molar-refractivity contribution is 0.0929. The van der Waals surface area contributed by atoms with E-state index >= 15 is 0 Å². The molecule has 0 saturated carbocycles. The van der Waals surface area contributed by atoms with E-state index in [4.69, 9.17) is 9.15 Å². The summed E-state index contributed by atoms with van der Waals surface area (Å²) in [5.41, 5.74) is 4.72. The molecule has 5 aromatic rings. The number of rotatable bonds is 6. The quantitative estimate of drug-likeness (QED) is 0.259. The lowest BCUT2D eigenvalue weighted by atomic mass is 10.0. The van der Waals surface area contributed by atoms with Gasteiger partial charge in [-0.15, -0.1) is 0 Å². The molecule has 1 aromatic heterocycles. The molecule has 6 heteroatoms. The SMILES string of the molecule is O=C(N/N=C\c1c(OCc2ccc(F)cc2)ccc2ccccc12)c1cc2ccccc2o1. The Morgan fingerprint density at radius 3 is 2.52 bits per heavy atom. The third-order valence-corrected chi connectivity index (χ3v) is 5.25. The van der Waals surface area contributed by atoms with Crippen LogP contribution in [0.25, 0.3) is 21.7 Å². The van der Waals surface area contributed by atoms with E-state index in [1.165, 1.54) is 12.1 Å². The number of nitrogens with zero attached hydrogens (tertiary/aromatic N) is 1. The summed E-state index contributed by atoms with van der Waals surface area (Å²) < 4.78 is 24.8. The van der Waals surface area contributed by atoms with Crippen LogP contribution in [0.3, 0.4) is 0 Å². The number of carbonyl (C=O) groups is 1. The maximum Gasteiger partial charge on any atom is 0.307 e. The van der Waals surface area contributed by atoms with Gasteiger partial charge < -0.3 is 9.15 Å². The lowest BCUT2D eigenvalue weighted by Crippen LogP contribution is -2.16. The maximum atomic E-state index is 13.2. The van der Waals surface area contributed by atoms with Crippen molar-refractivity contribution in [2.45, 2.75) is 6.61 Å². The van der Waals surface area contributed by atoms with Crippen molar-refractivity contribution in [2.75, 3.05) is 0 Å². The number of hydrazone groups is 1. The predicted molar refractivity (Wildman–Crippen MR) is 126 cm³/mol. The van der Waals surface area contributed by atoms with E-state index in [9.17, 15) is 9.18 Å². The largest absolute Gasteiger partial charge is 0.488 e. The second-order valence-electron chi connectivity index (χ2n) is 7.46. The summed E-state index contributed by atoms with van der Waals surface area (Å²) in [5.74, 6) is 0.0350. The van der Waals surface area contributed by atoms with Crippen molar-refractivity contribution in [2.24, 2.45) is 5.10 Å². The van der Waals surface area contributed by atoms with Gasteiger partial charge in [0.15, 0.2) is 5.76 Å². The molecule has 0 atom stereocenters. The van der Waals surface area contributed by atoms with Crippen LogP contribution in [-0.2, 0) is 6.61 Å². The van der Waals surface area contributed by atoms with E-state index in [1.54, 1.807) is 30.5 Å². The van der Waals surface area contributed by atoms with Crippen molar-refractivity contribution in [3.8, 4) is 5.75 Å². The maximum absolute atomic E-state index is 13.2. The Kier molecular flexibility index (Phi) is 5.55. The first-order chi connectivity index (χ1) is 16.2. The Morgan fingerprint density at radius 2 is 1.70 bits per heavy atom. The summed E-state index contributed by atoms with van der Waals surface area (Å²) in [4.78, 5) is 12.5. The monoisotopic (exact) mass is 438 g/mol. The van der Waals surface area contributed by atoms with E-state index in [0.29, 0.717) is 11.3 Å². The van der Waals surface area contributed by atoms with Gasteiger partial charge in [0.05, 0.1) is 6.21 Å². The number of furan rings is 1. The molecular formula is C27H19FN2O3. The highest BCUT2D eigenvalue weighted by atomic mass is 19.1. The Bertz CT molecular complexity index is 1440. The average Bonchev–Trinajstić information content (AvgIpc) is 3.29. The van der Waals surface area contributed by atoms with E-state index in [2.05, 4.69) is 10.5 Å². The normalized spacial score (nSPS) is 11.3. The highest BCUT2D eigenvalue weighted by Crippen LogP contribution is 2.27. The molecule has 0 spiro atoms. The molecule has 0 radical (unpaired) electrons. The van der Waals surface area contributed by atoms with Crippen LogP contribution in [0.4, 0.5) is 4.39 Å². The van der Waals surface area contributed by atoms with Crippen LogP contribution in [0, 0.1) is 5.82 Å². The number of benzene rings is 4. The molecular weight excluding hydrogens is 419 g/mol. The summed E-state index contributed by atoms with van der Waals surface area (Å²) in [7, 11) is 0. The minimum absolute atomic E-state index is 0.180. The van der Waals surface area contributed by atoms with Crippen molar-refractivity contribution in [1.29, 1.82) is 0 Å². The standard InChI is InChI=1S/C27H19FN2O3/c28-21-12-9-18(10-13-21)17-32-25-14-11-19-5-1-3-7-22(19)23(25)16-29-30-27(31)26-15-20-6-2-4-8-24(20)33-26/h1-16H,17H2,(H,30,31)/b29-16-. The number of hydrogen-bond acceptors (Lipinski definition) is 4. The van der Waals surface area contributed by atoms with Crippen molar-refractivity contribution in [3.63, 3.8) is 0 Å². The number of para-hydroxylation sites is 1. The number of halogens is 1. The molecule has 1 N–H and O–H groups in total. The van der Waals surface area contributed by atoms with Gasteiger partial charge in [-0.25, -0.2) is 9.82 Å². The van der Waals surface area contributed by atoms with Crippen molar-refractivity contribution in [1.82, 2.24) is 5.43 Å². The van der Waals surface area contributed by atoms with E-state index in [0.717, 1.165) is 27.3 Å². The highest BCUT2D eigenvalue weighted by molar-refractivity contribution is 6.03. The molecule has 0 saturated heterocycles. The van der Waals surface area contributed by atoms with E-state index < -0.39 is 5.91 Å². The molecule has 162 valence electrons. The summed E-state index contributed by atoms with van der Waals surface area (Å²) in [6.07, 6.45) is 1.56. The van der Waals surface area contributed by atoms with Crippen LogP contribution in [-0.4, -0.2) is 12.1 Å². The van der Waals surface area contributed by atoms with Gasteiger partial charge >= 0.3 is 5.91 Å². The number of hydrogen-bond donors (Lipinski definition) is 1. The Balaban J connectivity index is 1.39. The van der Waals surface area contributed by atoms with Crippen LogP contribution in [0.1, 0.15) is 21.7 Å². The minimum atomic E-state index is -0.448. The summed E-state index contributed by atoms with van der Waals surface area (Å²) in [5, 5.41) is 6.93. The summed E-state index contributed by atoms with van der Waals surface area (Å²) in [6.45, 7) is 0.269. The number of amides is 1. The average molecular weight is 438 g/mol. The van der Waals surface area contributed by atoms with Gasteiger partial charge in [0.1, 0.15) is 23.8 Å². The number of carbonyl (C=O) groups excluding carboxylic acids is 1. The number of ether oxygens (including phenoxy) is 1. The lowest BCUT2D eigenvalue weighted by Gasteiger charge is -2.12. The van der Waals surface area contributed by atoms with Crippen LogP contribution in [0.5, 0.6) is 5.75 Å². The van der Waals surface area contributed by atoms with Crippen LogP contribution in [0.15, 0.2) is 101 Å². The van der Waals surface area contributed by atoms with Gasteiger partial charge in [-0.1, -0.05) is 60.7 Å². The molecule has 0 unspecified atom stereocenters. The first kappa shape index (κ1) is 20.5. The van der Waals surface area contributed by atoms with Gasteiger partial charge in [-0.3, -0.25) is 4.79 Å². The molecule has 0 aliphatic rings. The zero-order chi connectivity index (χ0) is 22.6. The Morgan fingerprint density at radius 1 is 0.939 bits per heavy atom. The molecule has 33 heavy (non-hydrogen) atoms. The fourth-order valence-electron chi connectivity index (χ4n) is 3.58. The van der Waals surface area contributed by atoms with Gasteiger partial charge in [-0.2, -0.15) is 5.10 Å². The van der Waals surface area contributed by atoms with E-state index in [1.807, 2.05) is 54.6 Å². The first-order valence-corrected chi connectivity index (χ1v) is 10.4. The Hall–Kier alpha value is -4.45. The fraction of sp³-hybridized carbons (Fsp3) is 0.0370. The second-order valence-corrected chi connectivity index (χ2v) is 7.46. The highest BCUT2D eigenvalue weighted by Gasteiger charge is 2.12. The molecule has 0 fully saturated rings. The van der Waals surface area contributed by atoms with E-state index in [-0.39, 0.29) is 18.2 Å². The molecule has 5 rings (SSSR count). The van der Waals surface area contributed by atoms with Crippen molar-refractivity contribution >= 4 is 33.9 Å². The zero-order valence-corrected chi connectivity index (χ0v) is 17.5. The number of nitrogens with one attached hydrogen (secondary N) is 1. The van der Waals surface area contributed by atoms with Crippen LogP contribution < -0.4 is 10.2 Å². The third-order valence-electron chi connectivity index (χ3n) is 5.25. The van der Waals surface area contributed by atoms with Crippen LogP contribution >= 0.6 is 0 Å². The molecule has 0 aliphatic carbocycles. The smallest absolute Gasteiger partial charge is 0.307 e. The molecule has 0 aliphatic heterocycles. The van der Waals surface area contributed by atoms with Crippen molar-refractivity contribution < 1.29 is 18.3 Å². The van der Waals surface area contributed by atoms with Gasteiger partial charge in [0.2, 0.25) is 0 Å². The minimum Gasteiger partial charge on any atom is -0.488 e.